The lowest BCUT2D eigenvalue weighted by Gasteiger charge is -2.09. The lowest BCUT2D eigenvalue weighted by Crippen LogP contribution is -2.31. The second-order valence-electron chi connectivity index (χ2n) is 6.30. The molecule has 0 aliphatic heterocycles. The van der Waals surface area contributed by atoms with E-state index in [1.165, 1.54) is 16.3 Å². The molecule has 9 nitrogen and oxygen atoms in total. The van der Waals surface area contributed by atoms with Gasteiger partial charge in [0.1, 0.15) is 11.6 Å². The van der Waals surface area contributed by atoms with E-state index in [9.17, 15) is 9.59 Å². The second kappa shape index (κ2) is 7.80. The molecule has 3 rings (SSSR count). The molecule has 27 heavy (non-hydrogen) atoms. The van der Waals surface area contributed by atoms with Gasteiger partial charge in [-0.2, -0.15) is 10.2 Å². The van der Waals surface area contributed by atoms with Crippen LogP contribution in [0.1, 0.15) is 17.0 Å². The normalized spacial score (nSPS) is 10.9. The first kappa shape index (κ1) is 18.3. The van der Waals surface area contributed by atoms with Crippen molar-refractivity contribution in [2.75, 3.05) is 14.1 Å². The minimum Gasteiger partial charge on any atom is -0.339 e. The van der Waals surface area contributed by atoms with Gasteiger partial charge in [0, 0.05) is 31.3 Å². The van der Waals surface area contributed by atoms with Gasteiger partial charge < -0.3 is 9.42 Å². The maximum absolute atomic E-state index is 11.8. The second-order valence-corrected chi connectivity index (χ2v) is 6.30. The summed E-state index contributed by atoms with van der Waals surface area (Å²) >= 11 is 0. The SMILES string of the molecule is CN(C)Cc1ccc(-c2noc(CCn3cc(C#N)c(=O)[nH]c3=O)n2)cc1. The Labute approximate surface area is 154 Å². The van der Waals surface area contributed by atoms with Gasteiger partial charge in [0.05, 0.1) is 0 Å². The number of hydrogen-bond acceptors (Lipinski definition) is 7. The Kier molecular flexibility index (Phi) is 5.28. The molecule has 138 valence electrons. The summed E-state index contributed by atoms with van der Waals surface area (Å²) < 4.78 is 6.47. The average molecular weight is 366 g/mol. The van der Waals surface area contributed by atoms with Gasteiger partial charge in [0.2, 0.25) is 11.7 Å². The number of aromatic nitrogens is 4. The molecular formula is C18H18N6O3. The Balaban J connectivity index is 1.71. The minimum absolute atomic E-state index is 0.126. The van der Waals surface area contributed by atoms with E-state index >= 15 is 0 Å². The van der Waals surface area contributed by atoms with Crippen molar-refractivity contribution < 1.29 is 4.52 Å². The molecule has 0 spiro atoms. The van der Waals surface area contributed by atoms with Crippen LogP contribution in [0.5, 0.6) is 0 Å². The van der Waals surface area contributed by atoms with E-state index in [2.05, 4.69) is 20.0 Å². The molecule has 0 amide bonds. The molecule has 0 aliphatic rings. The number of nitrogens with one attached hydrogen (secondary N) is 1. The fraction of sp³-hybridized carbons (Fsp3) is 0.278. The fourth-order valence-electron chi connectivity index (χ4n) is 2.57. The molecule has 0 saturated heterocycles. The highest BCUT2D eigenvalue weighted by Crippen LogP contribution is 2.17. The van der Waals surface area contributed by atoms with E-state index < -0.39 is 11.2 Å². The topological polar surface area (TPSA) is 121 Å². The van der Waals surface area contributed by atoms with Crippen LogP contribution in [-0.4, -0.2) is 38.7 Å². The van der Waals surface area contributed by atoms with Crippen molar-refractivity contribution in [3.63, 3.8) is 0 Å². The predicted molar refractivity (Wildman–Crippen MR) is 96.9 cm³/mol. The van der Waals surface area contributed by atoms with Crippen molar-refractivity contribution in [1.82, 2.24) is 24.6 Å². The first-order valence-electron chi connectivity index (χ1n) is 8.27. The van der Waals surface area contributed by atoms with Crippen molar-refractivity contribution in [3.8, 4) is 17.5 Å². The first-order valence-corrected chi connectivity index (χ1v) is 8.27. The lowest BCUT2D eigenvalue weighted by molar-refractivity contribution is 0.371. The largest absolute Gasteiger partial charge is 0.339 e. The zero-order valence-corrected chi connectivity index (χ0v) is 15.0. The van der Waals surface area contributed by atoms with Crippen LogP contribution in [0, 0.1) is 11.3 Å². The van der Waals surface area contributed by atoms with Crippen LogP contribution in [0.15, 0.2) is 44.6 Å². The van der Waals surface area contributed by atoms with E-state index in [0.29, 0.717) is 18.1 Å². The van der Waals surface area contributed by atoms with Gasteiger partial charge >= 0.3 is 5.69 Å². The smallest absolute Gasteiger partial charge is 0.328 e. The maximum atomic E-state index is 11.8. The quantitative estimate of drug-likeness (QED) is 0.683. The minimum atomic E-state index is -0.698. The molecule has 3 aromatic rings. The van der Waals surface area contributed by atoms with E-state index in [-0.39, 0.29) is 12.1 Å². The van der Waals surface area contributed by atoms with Crippen LogP contribution in [0.4, 0.5) is 0 Å². The number of nitriles is 1. The zero-order valence-electron chi connectivity index (χ0n) is 15.0. The Morgan fingerprint density at radius 2 is 2.00 bits per heavy atom. The molecule has 0 unspecified atom stereocenters. The van der Waals surface area contributed by atoms with E-state index in [1.54, 1.807) is 6.07 Å². The fourth-order valence-corrected chi connectivity index (χ4v) is 2.57. The molecule has 1 aromatic carbocycles. The molecule has 0 bridgehead atoms. The standard InChI is InChI=1S/C18H18N6O3/c1-23(2)10-12-3-5-13(6-4-12)16-20-15(27-22-16)7-8-24-11-14(9-19)17(25)21-18(24)26/h3-6,11H,7-8,10H2,1-2H3,(H,21,25,26). The number of aromatic amines is 1. The molecule has 2 aromatic heterocycles. The number of H-pyrrole nitrogens is 1. The van der Waals surface area contributed by atoms with Gasteiger partial charge in [0.15, 0.2) is 0 Å². The van der Waals surface area contributed by atoms with E-state index in [0.717, 1.165) is 12.1 Å². The van der Waals surface area contributed by atoms with Gasteiger partial charge in [-0.15, -0.1) is 0 Å². The van der Waals surface area contributed by atoms with Crippen LogP contribution in [-0.2, 0) is 19.5 Å². The van der Waals surface area contributed by atoms with Crippen LogP contribution >= 0.6 is 0 Å². The maximum Gasteiger partial charge on any atom is 0.328 e. The molecule has 0 atom stereocenters. The Hall–Kier alpha value is -3.51. The van der Waals surface area contributed by atoms with Crippen molar-refractivity contribution in [2.45, 2.75) is 19.5 Å². The molecule has 0 saturated carbocycles. The summed E-state index contributed by atoms with van der Waals surface area (Å²) in [5.41, 5.74) is 0.601. The third-order valence-electron chi connectivity index (χ3n) is 3.88. The third kappa shape index (κ3) is 4.37. The summed E-state index contributed by atoms with van der Waals surface area (Å²) in [6.07, 6.45) is 1.52. The summed E-state index contributed by atoms with van der Waals surface area (Å²) in [6, 6.07) is 9.62. The van der Waals surface area contributed by atoms with Crippen LogP contribution in [0.25, 0.3) is 11.4 Å². The van der Waals surface area contributed by atoms with Gasteiger partial charge in [-0.05, 0) is 19.7 Å². The Bertz CT molecular complexity index is 1090. The van der Waals surface area contributed by atoms with E-state index in [4.69, 9.17) is 9.78 Å². The van der Waals surface area contributed by atoms with Gasteiger partial charge in [-0.3, -0.25) is 14.3 Å². The molecule has 9 heteroatoms. The summed E-state index contributed by atoms with van der Waals surface area (Å²) in [7, 11) is 4.01. The molecule has 2 heterocycles. The molecule has 0 fully saturated rings. The number of rotatable bonds is 6. The van der Waals surface area contributed by atoms with Gasteiger partial charge in [-0.25, -0.2) is 4.79 Å². The summed E-state index contributed by atoms with van der Waals surface area (Å²) in [6.45, 7) is 1.05. The average Bonchev–Trinajstić information content (AvgIpc) is 3.10. The first-order chi connectivity index (χ1) is 13.0. The van der Waals surface area contributed by atoms with Gasteiger partial charge in [-0.1, -0.05) is 29.4 Å². The van der Waals surface area contributed by atoms with Crippen LogP contribution in [0.3, 0.4) is 0 Å². The Morgan fingerprint density at radius 1 is 1.26 bits per heavy atom. The molecule has 0 aliphatic carbocycles. The number of hydrogen-bond donors (Lipinski definition) is 1. The Morgan fingerprint density at radius 3 is 2.67 bits per heavy atom. The van der Waals surface area contributed by atoms with Crippen LogP contribution < -0.4 is 11.2 Å². The summed E-state index contributed by atoms with van der Waals surface area (Å²) in [5.74, 6) is 0.826. The summed E-state index contributed by atoms with van der Waals surface area (Å²) in [4.78, 5) is 31.7. The highest BCUT2D eigenvalue weighted by molar-refractivity contribution is 5.54. The highest BCUT2D eigenvalue weighted by atomic mass is 16.5. The molecular weight excluding hydrogens is 348 g/mol. The number of aryl methyl sites for hydroxylation is 2. The monoisotopic (exact) mass is 366 g/mol. The van der Waals surface area contributed by atoms with Crippen LogP contribution in [0.2, 0.25) is 0 Å². The molecule has 0 radical (unpaired) electrons. The number of benzene rings is 1. The van der Waals surface area contributed by atoms with E-state index in [1.807, 2.05) is 38.4 Å². The predicted octanol–water partition coefficient (Wildman–Crippen LogP) is 0.763. The molecule has 1 N–H and O–H groups in total. The lowest BCUT2D eigenvalue weighted by atomic mass is 10.1. The zero-order chi connectivity index (χ0) is 19.4. The van der Waals surface area contributed by atoms with Crippen molar-refractivity contribution >= 4 is 0 Å². The van der Waals surface area contributed by atoms with Crippen molar-refractivity contribution in [2.24, 2.45) is 0 Å². The van der Waals surface area contributed by atoms with Gasteiger partial charge in [0.25, 0.3) is 5.56 Å². The number of nitrogens with zero attached hydrogens (tertiary/aromatic N) is 5. The van der Waals surface area contributed by atoms with Crippen molar-refractivity contribution in [1.29, 1.82) is 5.26 Å². The third-order valence-corrected chi connectivity index (χ3v) is 3.88. The van der Waals surface area contributed by atoms with Crippen molar-refractivity contribution in [3.05, 3.63) is 68.3 Å². The highest BCUT2D eigenvalue weighted by Gasteiger charge is 2.10. The summed E-state index contributed by atoms with van der Waals surface area (Å²) in [5, 5.41) is 12.9.